The fourth-order valence-corrected chi connectivity index (χ4v) is 2.74. The van der Waals surface area contributed by atoms with Crippen molar-refractivity contribution in [2.24, 2.45) is 0 Å². The van der Waals surface area contributed by atoms with Crippen LogP contribution in [0.2, 0.25) is 5.02 Å². The van der Waals surface area contributed by atoms with E-state index in [0.29, 0.717) is 28.4 Å². The molecule has 4 nitrogen and oxygen atoms in total. The highest BCUT2D eigenvalue weighted by molar-refractivity contribution is 6.34. The number of anilines is 2. The lowest BCUT2D eigenvalue weighted by atomic mass is 9.77. The van der Waals surface area contributed by atoms with E-state index in [0.717, 1.165) is 13.0 Å². The molecule has 0 saturated carbocycles. The third kappa shape index (κ3) is 2.50. The molecule has 2 rings (SSSR count). The largest absolute Gasteiger partial charge is 0.505 e. The Labute approximate surface area is 118 Å². The number of hydrogen-bond acceptors (Lipinski definition) is 3. The number of amides is 1. The zero-order chi connectivity index (χ0) is 14.2. The van der Waals surface area contributed by atoms with Gasteiger partial charge in [-0.15, -0.1) is 0 Å². The molecule has 0 unspecified atom stereocenters. The molecule has 0 saturated heterocycles. The number of phenolic OH excluding ortho intramolecular Hbond substituents is 1. The fourth-order valence-electron chi connectivity index (χ4n) is 2.49. The maximum absolute atomic E-state index is 11.7. The van der Waals surface area contributed by atoms with Gasteiger partial charge >= 0.3 is 0 Å². The number of hydrogen-bond donors (Lipinski definition) is 3. The monoisotopic (exact) mass is 282 g/mol. The Bertz CT molecular complexity index is 527. The summed E-state index contributed by atoms with van der Waals surface area (Å²) in [7, 11) is 0. The molecule has 1 heterocycles. The number of nitrogens with one attached hydrogen (secondary N) is 2. The SMILES string of the molecule is CCCNc1cc(Cl)c2c(c1O)C(C)(C)CC(=O)N2. The van der Waals surface area contributed by atoms with E-state index in [2.05, 4.69) is 10.6 Å². The molecule has 1 aromatic carbocycles. The minimum atomic E-state index is -0.435. The van der Waals surface area contributed by atoms with Gasteiger partial charge in [-0.3, -0.25) is 4.79 Å². The van der Waals surface area contributed by atoms with Crippen LogP contribution in [0.25, 0.3) is 0 Å². The number of halogens is 1. The summed E-state index contributed by atoms with van der Waals surface area (Å²) in [6.45, 7) is 6.68. The minimum absolute atomic E-state index is 0.0759. The predicted octanol–water partition coefficient (Wildman–Crippen LogP) is 3.49. The molecule has 0 aromatic heterocycles. The van der Waals surface area contributed by atoms with Crippen molar-refractivity contribution in [1.82, 2.24) is 0 Å². The molecule has 1 aliphatic rings. The van der Waals surface area contributed by atoms with E-state index in [4.69, 9.17) is 11.6 Å². The maximum atomic E-state index is 11.7. The molecular formula is C14H19ClN2O2. The molecule has 0 radical (unpaired) electrons. The second-order valence-corrected chi connectivity index (χ2v) is 5.95. The van der Waals surface area contributed by atoms with Crippen LogP contribution in [0, 0.1) is 0 Å². The van der Waals surface area contributed by atoms with Crippen molar-refractivity contribution in [2.75, 3.05) is 17.2 Å². The summed E-state index contributed by atoms with van der Waals surface area (Å²) in [5.41, 5.74) is 1.42. The lowest BCUT2D eigenvalue weighted by molar-refractivity contribution is -0.117. The Morgan fingerprint density at radius 2 is 2.21 bits per heavy atom. The molecule has 1 aromatic rings. The number of phenols is 1. The Balaban J connectivity index is 2.57. The van der Waals surface area contributed by atoms with Gasteiger partial charge in [-0.2, -0.15) is 0 Å². The first kappa shape index (κ1) is 14.0. The molecule has 0 atom stereocenters. The first-order valence-corrected chi connectivity index (χ1v) is 6.84. The van der Waals surface area contributed by atoms with Crippen molar-refractivity contribution in [1.29, 1.82) is 0 Å². The number of benzene rings is 1. The summed E-state index contributed by atoms with van der Waals surface area (Å²) in [4.78, 5) is 11.7. The van der Waals surface area contributed by atoms with Crippen molar-refractivity contribution in [3.63, 3.8) is 0 Å². The molecule has 1 amide bonds. The summed E-state index contributed by atoms with van der Waals surface area (Å²) >= 11 is 6.22. The topological polar surface area (TPSA) is 61.4 Å². The zero-order valence-electron chi connectivity index (χ0n) is 11.4. The third-order valence-corrected chi connectivity index (χ3v) is 3.66. The third-order valence-electron chi connectivity index (χ3n) is 3.36. The number of carbonyl (C=O) groups is 1. The molecular weight excluding hydrogens is 264 g/mol. The van der Waals surface area contributed by atoms with Crippen molar-refractivity contribution in [2.45, 2.75) is 39.0 Å². The van der Waals surface area contributed by atoms with E-state index < -0.39 is 5.41 Å². The van der Waals surface area contributed by atoms with Crippen LogP contribution in [-0.2, 0) is 10.2 Å². The standard InChI is InChI=1S/C14H19ClN2O2/c1-4-5-16-9-6-8(15)12-11(13(9)19)14(2,3)7-10(18)17-12/h6,16,19H,4-5,7H2,1-3H3,(H,17,18). The van der Waals surface area contributed by atoms with E-state index in [1.54, 1.807) is 6.07 Å². The summed E-state index contributed by atoms with van der Waals surface area (Å²) in [6.07, 6.45) is 1.29. The van der Waals surface area contributed by atoms with Gasteiger partial charge in [-0.05, 0) is 12.5 Å². The van der Waals surface area contributed by atoms with Crippen LogP contribution in [0.5, 0.6) is 5.75 Å². The van der Waals surface area contributed by atoms with Crippen LogP contribution >= 0.6 is 11.6 Å². The molecule has 5 heteroatoms. The second-order valence-electron chi connectivity index (χ2n) is 5.54. The molecule has 1 aliphatic heterocycles. The normalized spacial score (nSPS) is 16.7. The Morgan fingerprint density at radius 1 is 1.53 bits per heavy atom. The van der Waals surface area contributed by atoms with Crippen LogP contribution in [-0.4, -0.2) is 17.6 Å². The molecule has 3 N–H and O–H groups in total. The lowest BCUT2D eigenvalue weighted by Gasteiger charge is -2.34. The Hall–Kier alpha value is -1.42. The summed E-state index contributed by atoms with van der Waals surface area (Å²) in [5, 5.41) is 16.8. The summed E-state index contributed by atoms with van der Waals surface area (Å²) in [5.74, 6) is 0.103. The van der Waals surface area contributed by atoms with E-state index in [1.165, 1.54) is 0 Å². The van der Waals surface area contributed by atoms with Gasteiger partial charge in [0, 0.05) is 23.9 Å². The van der Waals surface area contributed by atoms with Crippen molar-refractivity contribution < 1.29 is 9.90 Å². The fraction of sp³-hybridized carbons (Fsp3) is 0.500. The van der Waals surface area contributed by atoms with Crippen LogP contribution in [0.1, 0.15) is 39.2 Å². The van der Waals surface area contributed by atoms with Gasteiger partial charge in [0.15, 0.2) is 0 Å². The maximum Gasteiger partial charge on any atom is 0.225 e. The molecule has 0 bridgehead atoms. The van der Waals surface area contributed by atoms with Crippen molar-refractivity contribution >= 4 is 28.9 Å². The van der Waals surface area contributed by atoms with Crippen LogP contribution < -0.4 is 10.6 Å². The molecule has 104 valence electrons. The first-order valence-electron chi connectivity index (χ1n) is 6.46. The minimum Gasteiger partial charge on any atom is -0.505 e. The average Bonchev–Trinajstić information content (AvgIpc) is 2.29. The van der Waals surface area contributed by atoms with Gasteiger partial charge < -0.3 is 15.7 Å². The van der Waals surface area contributed by atoms with Gasteiger partial charge in [0.25, 0.3) is 0 Å². The van der Waals surface area contributed by atoms with E-state index >= 15 is 0 Å². The van der Waals surface area contributed by atoms with E-state index in [9.17, 15) is 9.90 Å². The van der Waals surface area contributed by atoms with Crippen molar-refractivity contribution in [3.05, 3.63) is 16.7 Å². The van der Waals surface area contributed by atoms with Crippen LogP contribution in [0.4, 0.5) is 11.4 Å². The van der Waals surface area contributed by atoms with Gasteiger partial charge in [0.1, 0.15) is 5.75 Å². The first-order chi connectivity index (χ1) is 8.86. The number of rotatable bonds is 3. The Kier molecular flexibility index (Phi) is 3.63. The highest BCUT2D eigenvalue weighted by Crippen LogP contribution is 2.49. The number of aromatic hydroxyl groups is 1. The van der Waals surface area contributed by atoms with Crippen LogP contribution in [0.15, 0.2) is 6.07 Å². The lowest BCUT2D eigenvalue weighted by Crippen LogP contribution is -2.33. The average molecular weight is 283 g/mol. The molecule has 0 aliphatic carbocycles. The van der Waals surface area contributed by atoms with E-state index in [-0.39, 0.29) is 11.7 Å². The quantitative estimate of drug-likeness (QED) is 0.744. The smallest absolute Gasteiger partial charge is 0.225 e. The van der Waals surface area contributed by atoms with E-state index in [1.807, 2.05) is 20.8 Å². The predicted molar refractivity (Wildman–Crippen MR) is 78.2 cm³/mol. The Morgan fingerprint density at radius 3 is 2.84 bits per heavy atom. The van der Waals surface area contributed by atoms with Gasteiger partial charge in [0.2, 0.25) is 5.91 Å². The number of fused-ring (bicyclic) bond motifs is 1. The second kappa shape index (κ2) is 4.93. The summed E-state index contributed by atoms with van der Waals surface area (Å²) in [6, 6.07) is 1.66. The highest BCUT2D eigenvalue weighted by Gasteiger charge is 2.36. The highest BCUT2D eigenvalue weighted by atomic mass is 35.5. The zero-order valence-corrected chi connectivity index (χ0v) is 12.2. The van der Waals surface area contributed by atoms with Crippen LogP contribution in [0.3, 0.4) is 0 Å². The molecule has 0 fully saturated rings. The molecule has 0 spiro atoms. The molecule has 19 heavy (non-hydrogen) atoms. The van der Waals surface area contributed by atoms with Gasteiger partial charge in [0.05, 0.1) is 16.4 Å². The summed E-state index contributed by atoms with van der Waals surface area (Å²) < 4.78 is 0. The van der Waals surface area contributed by atoms with Gasteiger partial charge in [-0.25, -0.2) is 0 Å². The van der Waals surface area contributed by atoms with Gasteiger partial charge in [-0.1, -0.05) is 32.4 Å². The number of carbonyl (C=O) groups excluding carboxylic acids is 1. The van der Waals surface area contributed by atoms with Crippen molar-refractivity contribution in [3.8, 4) is 5.75 Å².